The maximum atomic E-state index is 12.7. The lowest BCUT2D eigenvalue weighted by molar-refractivity contribution is -0.123. The number of amides is 2. The number of rotatable bonds is 40. The van der Waals surface area contributed by atoms with Gasteiger partial charge in [0.25, 0.3) is 0 Å². The first-order chi connectivity index (χ1) is 31.1. The van der Waals surface area contributed by atoms with E-state index in [1.165, 1.54) is 0 Å². The van der Waals surface area contributed by atoms with Crippen LogP contribution in [-0.4, -0.2) is 163 Å². The maximum absolute atomic E-state index is 12.7. The van der Waals surface area contributed by atoms with Gasteiger partial charge in [-0.05, 0) is 26.7 Å². The fourth-order valence-electron chi connectivity index (χ4n) is 6.48. The third kappa shape index (κ3) is 28.9. The SMILES string of the molecule is CC(=O)CCc1cn(CC(C)(C)COCC(C)(C)CNC(=O)CCOCCN(CCOCCC=O)CCOCCC(=O)NCC(C)(C)COCC(C)(C)Cn2cc(CCC(C)=O)nn2)nn1. The predicted octanol–water partition coefficient (Wildman–Crippen LogP) is 3.70. The number of aryl methyl sites for hydroxylation is 2. The molecule has 0 atom stereocenters. The number of nitrogens with zero attached hydrogens (tertiary/aromatic N) is 7. The number of hydrogen-bond donors (Lipinski definition) is 2. The zero-order chi connectivity index (χ0) is 49.1. The summed E-state index contributed by atoms with van der Waals surface area (Å²) >= 11 is 0. The van der Waals surface area contributed by atoms with Crippen LogP contribution in [0.5, 0.6) is 0 Å². The molecule has 2 rings (SSSR count). The highest BCUT2D eigenvalue weighted by Crippen LogP contribution is 2.23. The van der Waals surface area contributed by atoms with Crippen molar-refractivity contribution < 1.29 is 47.7 Å². The van der Waals surface area contributed by atoms with Crippen LogP contribution in [0, 0.1) is 21.7 Å². The van der Waals surface area contributed by atoms with Gasteiger partial charge < -0.3 is 48.7 Å². The number of Topliss-reactive ketones (excluding diaryl/α,β-unsaturated/α-hetero) is 2. The van der Waals surface area contributed by atoms with Gasteiger partial charge >= 0.3 is 0 Å². The summed E-state index contributed by atoms with van der Waals surface area (Å²) in [6.45, 7) is 27.9. The highest BCUT2D eigenvalue weighted by molar-refractivity contribution is 5.76. The Morgan fingerprint density at radius 2 is 0.939 bits per heavy atom. The summed E-state index contributed by atoms with van der Waals surface area (Å²) in [5, 5.41) is 22.8. The Balaban J connectivity index is 1.62. The molecule has 0 aliphatic heterocycles. The topological polar surface area (TPSA) is 220 Å². The molecule has 2 aromatic rings. The van der Waals surface area contributed by atoms with Crippen LogP contribution in [0.15, 0.2) is 12.4 Å². The number of aromatic nitrogens is 6. The van der Waals surface area contributed by atoms with E-state index in [2.05, 4.69) is 63.9 Å². The molecule has 0 saturated carbocycles. The minimum Gasteiger partial charge on any atom is -0.380 e. The van der Waals surface area contributed by atoms with Crippen LogP contribution in [0.4, 0.5) is 0 Å². The van der Waals surface area contributed by atoms with Crippen molar-refractivity contribution in [3.8, 4) is 0 Å². The van der Waals surface area contributed by atoms with Gasteiger partial charge in [0, 0.05) is 112 Å². The van der Waals surface area contributed by atoms with Crippen LogP contribution in [0.3, 0.4) is 0 Å². The molecule has 0 fully saturated rings. The molecule has 19 heteroatoms. The van der Waals surface area contributed by atoms with Crippen molar-refractivity contribution >= 4 is 29.7 Å². The van der Waals surface area contributed by atoms with E-state index in [1.54, 1.807) is 23.2 Å². The lowest BCUT2D eigenvalue weighted by Gasteiger charge is -2.29. The standard InChI is InChI=1S/C47H83N9O10/c1-38(58)12-14-40-28-55(52-50-40)32-46(7,8)36-65-34-44(3,4)30-48-42(60)16-23-63-26-19-54(18-25-62-22-11-21-57)20-27-64-24-17-43(61)49-31-45(5,6)35-66-37-47(9,10)33-56-29-41(51-53-56)15-13-39(2)59/h21,28-29H,11-20,22-27,30-37H2,1-10H3,(H,48,60)(H,49,61). The Labute approximate surface area is 393 Å². The fourth-order valence-corrected chi connectivity index (χ4v) is 6.48. The Morgan fingerprint density at radius 3 is 1.32 bits per heavy atom. The summed E-state index contributed by atoms with van der Waals surface area (Å²) in [5.74, 6) is 0.0676. The molecule has 0 unspecified atom stereocenters. The van der Waals surface area contributed by atoms with Gasteiger partial charge in [0.15, 0.2) is 0 Å². The average molecular weight is 934 g/mol. The van der Waals surface area contributed by atoms with E-state index in [9.17, 15) is 24.0 Å². The number of ketones is 2. The Hall–Kier alpha value is -4.01. The highest BCUT2D eigenvalue weighted by atomic mass is 16.5. The molecule has 0 aliphatic rings. The Kier molecular flexibility index (Phi) is 26.8. The van der Waals surface area contributed by atoms with Crippen LogP contribution in [0.1, 0.15) is 113 Å². The smallest absolute Gasteiger partial charge is 0.222 e. The summed E-state index contributed by atoms with van der Waals surface area (Å²) in [5.41, 5.74) is 0.639. The fraction of sp³-hybridized carbons (Fsp3) is 0.809. The van der Waals surface area contributed by atoms with E-state index in [4.69, 9.17) is 23.7 Å². The number of nitrogens with one attached hydrogen (secondary N) is 2. The minimum absolute atomic E-state index is 0.0946. The number of hydrogen-bond acceptors (Lipinski definition) is 15. The molecule has 66 heavy (non-hydrogen) atoms. The summed E-state index contributed by atoms with van der Waals surface area (Å²) < 4.78 is 33.0. The first kappa shape index (κ1) is 58.1. The summed E-state index contributed by atoms with van der Waals surface area (Å²) in [6, 6.07) is 0. The average Bonchev–Trinajstić information content (AvgIpc) is 3.87. The normalized spacial score (nSPS) is 12.5. The Bertz CT molecular complexity index is 1610. The molecule has 0 radical (unpaired) electrons. The largest absolute Gasteiger partial charge is 0.380 e. The van der Waals surface area contributed by atoms with Crippen LogP contribution >= 0.6 is 0 Å². The third-order valence-corrected chi connectivity index (χ3v) is 10.3. The van der Waals surface area contributed by atoms with Crippen molar-refractivity contribution in [1.82, 2.24) is 45.5 Å². The van der Waals surface area contributed by atoms with E-state index >= 15 is 0 Å². The van der Waals surface area contributed by atoms with E-state index in [-0.39, 0.29) is 71.1 Å². The van der Waals surface area contributed by atoms with Crippen molar-refractivity contribution in [2.45, 2.75) is 127 Å². The van der Waals surface area contributed by atoms with Gasteiger partial charge in [-0.2, -0.15) is 0 Å². The molecule has 0 spiro atoms. The van der Waals surface area contributed by atoms with Gasteiger partial charge in [-0.1, -0.05) is 65.8 Å². The van der Waals surface area contributed by atoms with E-state index in [0.717, 1.165) is 17.7 Å². The predicted molar refractivity (Wildman–Crippen MR) is 250 cm³/mol. The van der Waals surface area contributed by atoms with Gasteiger partial charge in [0.2, 0.25) is 11.8 Å². The first-order valence-corrected chi connectivity index (χ1v) is 23.4. The van der Waals surface area contributed by atoms with Gasteiger partial charge in [0.05, 0.1) is 77.5 Å². The van der Waals surface area contributed by atoms with E-state index in [1.807, 2.05) is 40.1 Å². The molecule has 2 amide bonds. The van der Waals surface area contributed by atoms with Gasteiger partial charge in [0.1, 0.15) is 17.9 Å². The molecule has 0 saturated heterocycles. The molecule has 0 bridgehead atoms. The monoisotopic (exact) mass is 934 g/mol. The first-order valence-electron chi connectivity index (χ1n) is 23.4. The second-order valence-corrected chi connectivity index (χ2v) is 20.5. The van der Waals surface area contributed by atoms with Crippen LogP contribution < -0.4 is 10.6 Å². The molecule has 2 aromatic heterocycles. The molecule has 376 valence electrons. The van der Waals surface area contributed by atoms with Gasteiger partial charge in [-0.3, -0.25) is 23.9 Å². The molecular formula is C47H83N9O10. The van der Waals surface area contributed by atoms with Gasteiger partial charge in [-0.15, -0.1) is 10.2 Å². The zero-order valence-corrected chi connectivity index (χ0v) is 41.9. The van der Waals surface area contributed by atoms with Crippen LogP contribution in [-0.2, 0) is 73.6 Å². The van der Waals surface area contributed by atoms with Crippen LogP contribution in [0.2, 0.25) is 0 Å². The molecule has 2 N–H and O–H groups in total. The minimum atomic E-state index is -0.281. The zero-order valence-electron chi connectivity index (χ0n) is 41.9. The molecular weight excluding hydrogens is 851 g/mol. The van der Waals surface area contributed by atoms with E-state index < -0.39 is 0 Å². The molecule has 19 nitrogen and oxygen atoms in total. The summed E-state index contributed by atoms with van der Waals surface area (Å²) in [4.78, 5) is 60.7. The Morgan fingerprint density at radius 1 is 0.561 bits per heavy atom. The van der Waals surface area contributed by atoms with Crippen molar-refractivity contribution in [3.05, 3.63) is 23.8 Å². The molecule has 0 aromatic carbocycles. The van der Waals surface area contributed by atoms with Crippen molar-refractivity contribution in [3.63, 3.8) is 0 Å². The number of carbonyl (C=O) groups excluding carboxylic acids is 5. The lowest BCUT2D eigenvalue weighted by atomic mass is 9.93. The molecule has 0 aliphatic carbocycles. The summed E-state index contributed by atoms with van der Waals surface area (Å²) in [6.07, 6.45) is 7.47. The second-order valence-electron chi connectivity index (χ2n) is 20.5. The third-order valence-electron chi connectivity index (χ3n) is 10.3. The van der Waals surface area contributed by atoms with Crippen LogP contribution in [0.25, 0.3) is 0 Å². The lowest BCUT2D eigenvalue weighted by Crippen LogP contribution is -2.38. The highest BCUT2D eigenvalue weighted by Gasteiger charge is 2.26. The van der Waals surface area contributed by atoms with Crippen molar-refractivity contribution in [2.24, 2.45) is 21.7 Å². The van der Waals surface area contributed by atoms with Crippen molar-refractivity contribution in [1.29, 1.82) is 0 Å². The van der Waals surface area contributed by atoms with Crippen molar-refractivity contribution in [2.75, 3.05) is 98.8 Å². The number of carbonyl (C=O) groups is 5. The maximum Gasteiger partial charge on any atom is 0.222 e. The summed E-state index contributed by atoms with van der Waals surface area (Å²) in [7, 11) is 0. The van der Waals surface area contributed by atoms with Gasteiger partial charge in [-0.25, -0.2) is 0 Å². The quantitative estimate of drug-likeness (QED) is 0.0719. The second kappa shape index (κ2) is 30.4. The molecule has 2 heterocycles. The van der Waals surface area contributed by atoms with E-state index in [0.29, 0.717) is 131 Å². The number of ether oxygens (including phenoxy) is 5. The number of aldehydes is 1.